The van der Waals surface area contributed by atoms with E-state index in [9.17, 15) is 0 Å². The van der Waals surface area contributed by atoms with E-state index in [1.807, 2.05) is 6.07 Å². The predicted molar refractivity (Wildman–Crippen MR) is 92.7 cm³/mol. The minimum absolute atomic E-state index is 0. The molecule has 1 aromatic heterocycles. The van der Waals surface area contributed by atoms with Gasteiger partial charge in [0.05, 0.1) is 4.34 Å². The first-order valence-electron chi connectivity index (χ1n) is 5.95. The van der Waals surface area contributed by atoms with E-state index < -0.39 is 0 Å². The van der Waals surface area contributed by atoms with Crippen LogP contribution in [0.2, 0.25) is 4.34 Å². The number of nitrogens with one attached hydrogen (secondary N) is 2. The Morgan fingerprint density at radius 3 is 2.61 bits per heavy atom. The van der Waals surface area contributed by atoms with Gasteiger partial charge >= 0.3 is 0 Å². The first-order valence-corrected chi connectivity index (χ1v) is 7.14. The van der Waals surface area contributed by atoms with Gasteiger partial charge in [-0.05, 0) is 25.0 Å². The minimum atomic E-state index is 0. The molecule has 6 heteroatoms. The van der Waals surface area contributed by atoms with Gasteiger partial charge in [0.15, 0.2) is 5.96 Å². The van der Waals surface area contributed by atoms with Crippen LogP contribution in [0.5, 0.6) is 0 Å². The van der Waals surface area contributed by atoms with E-state index in [2.05, 4.69) is 28.6 Å². The average Bonchev–Trinajstić information content (AvgIpc) is 2.73. The summed E-state index contributed by atoms with van der Waals surface area (Å²) < 4.78 is 0.852. The van der Waals surface area contributed by atoms with Crippen LogP contribution < -0.4 is 10.6 Å². The van der Waals surface area contributed by atoms with Gasteiger partial charge in [0, 0.05) is 25.0 Å². The van der Waals surface area contributed by atoms with Crippen LogP contribution in [0.3, 0.4) is 0 Å². The summed E-state index contributed by atoms with van der Waals surface area (Å²) in [5.41, 5.74) is 0. The van der Waals surface area contributed by atoms with Gasteiger partial charge in [0.1, 0.15) is 0 Å². The number of halogens is 2. The molecule has 2 N–H and O–H groups in total. The molecule has 1 aromatic rings. The molecule has 1 rings (SSSR count). The summed E-state index contributed by atoms with van der Waals surface area (Å²) in [6.45, 7) is 4.03. The molecule has 0 saturated carbocycles. The summed E-state index contributed by atoms with van der Waals surface area (Å²) in [4.78, 5) is 5.47. The van der Waals surface area contributed by atoms with Crippen molar-refractivity contribution in [2.75, 3.05) is 20.1 Å². The molecular formula is C12H21ClIN3S. The summed E-state index contributed by atoms with van der Waals surface area (Å²) in [6, 6.07) is 4.01. The van der Waals surface area contributed by atoms with Crippen LogP contribution in [0.4, 0.5) is 0 Å². The number of aliphatic imine (C=N–C) groups is 1. The van der Waals surface area contributed by atoms with E-state index in [1.54, 1.807) is 18.4 Å². The van der Waals surface area contributed by atoms with Crippen molar-refractivity contribution >= 4 is 52.9 Å². The number of hydrogen-bond acceptors (Lipinski definition) is 2. The van der Waals surface area contributed by atoms with Crippen LogP contribution in [0.25, 0.3) is 0 Å². The van der Waals surface area contributed by atoms with Crippen LogP contribution in [0, 0.1) is 0 Å². The molecule has 1 heterocycles. The van der Waals surface area contributed by atoms with Crippen molar-refractivity contribution in [1.82, 2.24) is 10.6 Å². The molecule has 0 aromatic carbocycles. The summed E-state index contributed by atoms with van der Waals surface area (Å²) in [5, 5.41) is 6.57. The van der Waals surface area contributed by atoms with Gasteiger partial charge < -0.3 is 10.6 Å². The Morgan fingerprint density at radius 2 is 2.06 bits per heavy atom. The second-order valence-corrected chi connectivity index (χ2v) is 5.53. The number of hydrogen-bond donors (Lipinski definition) is 2. The lowest BCUT2D eigenvalue weighted by Crippen LogP contribution is -2.38. The normalized spacial score (nSPS) is 10.9. The highest BCUT2D eigenvalue weighted by Gasteiger charge is 1.99. The second kappa shape index (κ2) is 10.9. The Balaban J connectivity index is 0.00000289. The largest absolute Gasteiger partial charge is 0.356 e. The maximum absolute atomic E-state index is 5.88. The summed E-state index contributed by atoms with van der Waals surface area (Å²) in [6.07, 6.45) is 3.34. The molecule has 0 bridgehead atoms. The molecule has 104 valence electrons. The van der Waals surface area contributed by atoms with Crippen LogP contribution in [-0.2, 0) is 6.42 Å². The SMILES string of the molecule is CCCCNC(=NC)NCCc1ccc(Cl)s1.I. The molecule has 18 heavy (non-hydrogen) atoms. The molecule has 0 fully saturated rings. The van der Waals surface area contributed by atoms with Crippen LogP contribution >= 0.6 is 46.9 Å². The lowest BCUT2D eigenvalue weighted by molar-refractivity contribution is 0.727. The van der Waals surface area contributed by atoms with Gasteiger partial charge in [-0.1, -0.05) is 24.9 Å². The van der Waals surface area contributed by atoms with Gasteiger partial charge in [-0.15, -0.1) is 35.3 Å². The van der Waals surface area contributed by atoms with Gasteiger partial charge in [-0.3, -0.25) is 4.99 Å². The highest BCUT2D eigenvalue weighted by molar-refractivity contribution is 14.0. The van der Waals surface area contributed by atoms with Crippen molar-refractivity contribution in [3.05, 3.63) is 21.3 Å². The van der Waals surface area contributed by atoms with Crippen LogP contribution in [-0.4, -0.2) is 26.1 Å². The molecule has 0 aliphatic carbocycles. The molecule has 0 spiro atoms. The monoisotopic (exact) mass is 401 g/mol. The first kappa shape index (κ1) is 18.0. The fraction of sp³-hybridized carbons (Fsp3) is 0.583. The molecule has 0 atom stereocenters. The highest BCUT2D eigenvalue weighted by Crippen LogP contribution is 2.21. The lowest BCUT2D eigenvalue weighted by atomic mass is 10.3. The number of nitrogens with zero attached hydrogens (tertiary/aromatic N) is 1. The second-order valence-electron chi connectivity index (χ2n) is 3.74. The quantitative estimate of drug-likeness (QED) is 0.331. The summed E-state index contributed by atoms with van der Waals surface area (Å²) in [5.74, 6) is 0.876. The summed E-state index contributed by atoms with van der Waals surface area (Å²) >= 11 is 7.51. The van der Waals surface area contributed by atoms with E-state index in [0.717, 1.165) is 29.8 Å². The standard InChI is InChI=1S/C12H20ClN3S.HI/c1-3-4-8-15-12(14-2)16-9-7-10-5-6-11(13)17-10;/h5-6H,3-4,7-9H2,1-2H3,(H2,14,15,16);1H. The lowest BCUT2D eigenvalue weighted by Gasteiger charge is -2.10. The number of unbranched alkanes of at least 4 members (excludes halogenated alkanes) is 1. The Morgan fingerprint density at radius 1 is 1.33 bits per heavy atom. The molecular weight excluding hydrogens is 381 g/mol. The number of rotatable bonds is 6. The fourth-order valence-corrected chi connectivity index (χ4v) is 2.48. The predicted octanol–water partition coefficient (Wildman–Crippen LogP) is 3.53. The fourth-order valence-electron chi connectivity index (χ4n) is 1.39. The van der Waals surface area contributed by atoms with Crippen molar-refractivity contribution in [2.24, 2.45) is 4.99 Å². The molecule has 0 aliphatic rings. The molecule has 0 radical (unpaired) electrons. The molecule has 0 amide bonds. The Kier molecular flexibility index (Phi) is 10.9. The molecule has 3 nitrogen and oxygen atoms in total. The third-order valence-corrected chi connectivity index (χ3v) is 3.63. The van der Waals surface area contributed by atoms with Crippen LogP contribution in [0.1, 0.15) is 24.6 Å². The zero-order valence-electron chi connectivity index (χ0n) is 10.8. The van der Waals surface area contributed by atoms with E-state index in [-0.39, 0.29) is 24.0 Å². The van der Waals surface area contributed by atoms with Crippen molar-refractivity contribution < 1.29 is 0 Å². The Labute approximate surface area is 135 Å². The van der Waals surface area contributed by atoms with E-state index in [4.69, 9.17) is 11.6 Å². The smallest absolute Gasteiger partial charge is 0.190 e. The maximum atomic E-state index is 5.88. The van der Waals surface area contributed by atoms with Crippen molar-refractivity contribution in [2.45, 2.75) is 26.2 Å². The van der Waals surface area contributed by atoms with E-state index >= 15 is 0 Å². The first-order chi connectivity index (χ1) is 8.26. The molecule has 0 aliphatic heterocycles. The van der Waals surface area contributed by atoms with Crippen LogP contribution in [0.15, 0.2) is 17.1 Å². The third kappa shape index (κ3) is 7.43. The van der Waals surface area contributed by atoms with Crippen molar-refractivity contribution in [3.8, 4) is 0 Å². The zero-order valence-corrected chi connectivity index (χ0v) is 14.7. The molecule has 0 unspecified atom stereocenters. The maximum Gasteiger partial charge on any atom is 0.190 e. The topological polar surface area (TPSA) is 36.4 Å². The number of thiophene rings is 1. The summed E-state index contributed by atoms with van der Waals surface area (Å²) in [7, 11) is 1.79. The third-order valence-electron chi connectivity index (χ3n) is 2.34. The van der Waals surface area contributed by atoms with E-state index in [0.29, 0.717) is 0 Å². The van der Waals surface area contributed by atoms with Gasteiger partial charge in [-0.25, -0.2) is 0 Å². The Bertz CT molecular complexity index is 355. The van der Waals surface area contributed by atoms with Gasteiger partial charge in [0.25, 0.3) is 0 Å². The minimum Gasteiger partial charge on any atom is -0.356 e. The highest BCUT2D eigenvalue weighted by atomic mass is 127. The Hall–Kier alpha value is -0.0100. The van der Waals surface area contributed by atoms with Gasteiger partial charge in [-0.2, -0.15) is 0 Å². The van der Waals surface area contributed by atoms with Crippen molar-refractivity contribution in [1.29, 1.82) is 0 Å². The van der Waals surface area contributed by atoms with Gasteiger partial charge in [0.2, 0.25) is 0 Å². The zero-order chi connectivity index (χ0) is 12.5. The molecule has 0 saturated heterocycles. The van der Waals surface area contributed by atoms with E-state index in [1.165, 1.54) is 17.7 Å². The average molecular weight is 402 g/mol. The number of guanidine groups is 1. The van der Waals surface area contributed by atoms with Crippen molar-refractivity contribution in [3.63, 3.8) is 0 Å².